The van der Waals surface area contributed by atoms with Gasteiger partial charge in [-0.05, 0) is 109 Å². The molecule has 0 saturated carbocycles. The van der Waals surface area contributed by atoms with Gasteiger partial charge < -0.3 is 0 Å². The van der Waals surface area contributed by atoms with E-state index in [2.05, 4.69) is 11.5 Å². The Hall–Kier alpha value is -2.70. The first-order chi connectivity index (χ1) is 17.4. The van der Waals surface area contributed by atoms with Gasteiger partial charge in [-0.1, -0.05) is 47.0 Å². The van der Waals surface area contributed by atoms with Crippen molar-refractivity contribution in [3.63, 3.8) is 0 Å². The lowest BCUT2D eigenvalue weighted by Crippen LogP contribution is -1.78. The summed E-state index contributed by atoms with van der Waals surface area (Å²) < 4.78 is 54.9. The van der Waals surface area contributed by atoms with Crippen LogP contribution in [-0.4, -0.2) is 0 Å². The summed E-state index contributed by atoms with van der Waals surface area (Å²) in [6.45, 7) is 0. The predicted octanol–water partition coefficient (Wildman–Crippen LogP) is 10.1. The van der Waals surface area contributed by atoms with E-state index in [0.29, 0.717) is 8.47 Å². The molecule has 0 aromatic heterocycles. The Bertz CT molecular complexity index is 1190. The molecule has 180 valence electrons. The molecule has 0 aliphatic carbocycles. The van der Waals surface area contributed by atoms with Crippen LogP contribution in [0.25, 0.3) is 0 Å². The number of halogens is 4. The molecule has 0 bridgehead atoms. The van der Waals surface area contributed by atoms with Gasteiger partial charge in [-0.3, -0.25) is 0 Å². The highest BCUT2D eigenvalue weighted by atomic mass is 32.2. The number of rotatable bonds is 8. The minimum atomic E-state index is -0.333. The van der Waals surface area contributed by atoms with Crippen molar-refractivity contribution in [2.45, 2.75) is 19.6 Å². The standard InChI is InChI=1S/C28H16F4S4/c29-19-1-9-23(10-2-19)33-27(34-24-11-3-20(30)4-12-24)17-18-28(35-25-13-5-21(31)6-14-25)36-26-15-7-22(32)8-16-26/h1-16H. The Labute approximate surface area is 223 Å². The fourth-order valence-corrected chi connectivity index (χ4v) is 6.53. The lowest BCUT2D eigenvalue weighted by Gasteiger charge is -2.06. The van der Waals surface area contributed by atoms with Crippen LogP contribution in [0.5, 0.6) is 0 Å². The van der Waals surface area contributed by atoms with Crippen LogP contribution in [0.4, 0.5) is 17.6 Å². The Morgan fingerprint density at radius 2 is 0.556 bits per heavy atom. The highest BCUT2D eigenvalue weighted by molar-refractivity contribution is 8.22. The van der Waals surface area contributed by atoms with Crippen molar-refractivity contribution >= 4 is 47.0 Å². The van der Waals surface area contributed by atoms with E-state index in [1.807, 2.05) is 0 Å². The highest BCUT2D eigenvalue weighted by Gasteiger charge is 2.07. The van der Waals surface area contributed by atoms with Crippen LogP contribution < -0.4 is 0 Å². The van der Waals surface area contributed by atoms with Gasteiger partial charge in [-0.25, -0.2) is 17.6 Å². The molecule has 0 nitrogen and oxygen atoms in total. The summed E-state index contributed by atoms with van der Waals surface area (Å²) in [4.78, 5) is 3.20. The smallest absolute Gasteiger partial charge is 0.123 e. The maximum Gasteiger partial charge on any atom is 0.123 e. The molecule has 0 radical (unpaired) electrons. The van der Waals surface area contributed by atoms with E-state index in [1.165, 1.54) is 95.6 Å². The quantitative estimate of drug-likeness (QED) is 0.120. The van der Waals surface area contributed by atoms with Crippen molar-refractivity contribution in [2.24, 2.45) is 0 Å². The molecule has 0 spiro atoms. The third-order valence-corrected chi connectivity index (χ3v) is 8.54. The summed E-state index contributed by atoms with van der Waals surface area (Å²) in [5, 5.41) is 0. The maximum atomic E-state index is 13.4. The zero-order chi connectivity index (χ0) is 25.3. The van der Waals surface area contributed by atoms with Crippen molar-refractivity contribution in [3.8, 4) is 0 Å². The van der Waals surface area contributed by atoms with Gasteiger partial charge in [0.05, 0.1) is 0 Å². The fourth-order valence-electron chi connectivity index (χ4n) is 2.68. The second-order valence-corrected chi connectivity index (χ2v) is 11.9. The molecule has 4 aromatic rings. The Balaban J connectivity index is 1.74. The van der Waals surface area contributed by atoms with Crippen molar-refractivity contribution in [1.29, 1.82) is 0 Å². The maximum absolute atomic E-state index is 13.4. The Kier molecular flexibility index (Phi) is 9.54. The van der Waals surface area contributed by atoms with Crippen LogP contribution >= 0.6 is 47.0 Å². The molecule has 0 saturated heterocycles. The minimum absolute atomic E-state index is 0.333. The molecule has 0 aliphatic heterocycles. The average Bonchev–Trinajstić information content (AvgIpc) is 2.88. The van der Waals surface area contributed by atoms with E-state index in [1.54, 1.807) is 48.5 Å². The second kappa shape index (κ2) is 13.0. The summed E-state index contributed by atoms with van der Waals surface area (Å²) in [6.07, 6.45) is 0. The lowest BCUT2D eigenvalue weighted by atomic mass is 10.4. The minimum Gasteiger partial charge on any atom is -0.207 e. The summed E-state index contributed by atoms with van der Waals surface area (Å²) >= 11 is 5.48. The summed E-state index contributed by atoms with van der Waals surface area (Å²) in [7, 11) is 0. The third kappa shape index (κ3) is 8.45. The van der Waals surface area contributed by atoms with E-state index in [0.717, 1.165) is 19.6 Å². The molecule has 0 heterocycles. The third-order valence-electron chi connectivity index (χ3n) is 4.36. The predicted molar refractivity (Wildman–Crippen MR) is 143 cm³/mol. The Morgan fingerprint density at radius 1 is 0.361 bits per heavy atom. The van der Waals surface area contributed by atoms with Crippen LogP contribution in [0.15, 0.2) is 137 Å². The largest absolute Gasteiger partial charge is 0.207 e. The first-order valence-corrected chi connectivity index (χ1v) is 13.7. The number of hydrogen-bond donors (Lipinski definition) is 0. The summed E-state index contributed by atoms with van der Waals surface area (Å²) in [6, 6.07) is 24.3. The fraction of sp³-hybridized carbons (Fsp3) is 0. The van der Waals surface area contributed by atoms with Crippen LogP contribution in [0.3, 0.4) is 0 Å². The van der Waals surface area contributed by atoms with Gasteiger partial charge in [0, 0.05) is 19.6 Å². The molecule has 0 N–H and O–H groups in total. The molecule has 8 heteroatoms. The van der Waals surface area contributed by atoms with Crippen LogP contribution in [0.1, 0.15) is 0 Å². The highest BCUT2D eigenvalue weighted by Crippen LogP contribution is 2.41. The molecule has 0 unspecified atom stereocenters. The van der Waals surface area contributed by atoms with Gasteiger partial charge in [0.25, 0.3) is 0 Å². The zero-order valence-electron chi connectivity index (χ0n) is 18.4. The zero-order valence-corrected chi connectivity index (χ0v) is 21.6. The van der Waals surface area contributed by atoms with E-state index in [-0.39, 0.29) is 23.3 Å². The van der Waals surface area contributed by atoms with E-state index in [4.69, 9.17) is 0 Å². The number of thioether (sulfide) groups is 4. The second-order valence-electron chi connectivity index (χ2n) is 7.05. The van der Waals surface area contributed by atoms with Crippen LogP contribution in [0.2, 0.25) is 0 Å². The van der Waals surface area contributed by atoms with E-state index in [9.17, 15) is 17.6 Å². The van der Waals surface area contributed by atoms with E-state index >= 15 is 0 Å². The van der Waals surface area contributed by atoms with Crippen molar-refractivity contribution < 1.29 is 17.6 Å². The van der Waals surface area contributed by atoms with Crippen molar-refractivity contribution in [3.05, 3.63) is 140 Å². The van der Waals surface area contributed by atoms with Gasteiger partial charge in [-0.15, -0.1) is 0 Å². The van der Waals surface area contributed by atoms with Crippen LogP contribution in [0, 0.1) is 23.3 Å². The molecule has 0 fully saturated rings. The lowest BCUT2D eigenvalue weighted by molar-refractivity contribution is 0.626. The molecular formula is C28H16F4S4. The monoisotopic (exact) mass is 556 g/mol. The molecular weight excluding hydrogens is 541 g/mol. The van der Waals surface area contributed by atoms with Gasteiger partial charge in [0.2, 0.25) is 0 Å². The SMILES string of the molecule is Fc1ccc(SC(=C=C=C(Sc2ccc(F)cc2)Sc2ccc(F)cc2)Sc2ccc(F)cc2)cc1. The number of hydrogen-bond acceptors (Lipinski definition) is 4. The van der Waals surface area contributed by atoms with Gasteiger partial charge in [0.1, 0.15) is 31.7 Å². The molecule has 0 aliphatic rings. The van der Waals surface area contributed by atoms with Crippen molar-refractivity contribution in [2.75, 3.05) is 0 Å². The van der Waals surface area contributed by atoms with E-state index < -0.39 is 0 Å². The van der Waals surface area contributed by atoms with Gasteiger partial charge >= 0.3 is 0 Å². The first kappa shape index (κ1) is 26.4. The van der Waals surface area contributed by atoms with Crippen LogP contribution in [-0.2, 0) is 0 Å². The number of benzene rings is 4. The first-order valence-electron chi connectivity index (χ1n) is 10.4. The molecule has 36 heavy (non-hydrogen) atoms. The summed E-state index contributed by atoms with van der Waals surface area (Å²) in [5.41, 5.74) is 6.38. The van der Waals surface area contributed by atoms with Gasteiger partial charge in [-0.2, -0.15) is 0 Å². The molecule has 0 atom stereocenters. The topological polar surface area (TPSA) is 0 Å². The normalized spacial score (nSPS) is 10.4. The molecule has 0 amide bonds. The molecule has 4 rings (SSSR count). The molecule has 4 aromatic carbocycles. The van der Waals surface area contributed by atoms with Gasteiger partial charge in [0.15, 0.2) is 0 Å². The summed E-state index contributed by atoms with van der Waals surface area (Å²) in [5.74, 6) is -1.33. The average molecular weight is 557 g/mol. The Morgan fingerprint density at radius 3 is 0.750 bits per heavy atom. The van der Waals surface area contributed by atoms with Crippen molar-refractivity contribution in [1.82, 2.24) is 0 Å².